The molecule has 1 N–H and O–H groups in total. The third-order valence-corrected chi connectivity index (χ3v) is 15.6. The number of ether oxygens (including phenoxy) is 1. The van der Waals surface area contributed by atoms with Crippen molar-refractivity contribution in [1.29, 1.82) is 0 Å². The molecule has 5 fully saturated rings. The highest BCUT2D eigenvalue weighted by molar-refractivity contribution is 5.29. The summed E-state index contributed by atoms with van der Waals surface area (Å²) in [7, 11) is 0. The minimum absolute atomic E-state index is 0.0507. The molecule has 5 rings (SSSR count). The lowest BCUT2D eigenvalue weighted by Gasteiger charge is -2.75. The number of rotatable bonds is 4. The van der Waals surface area contributed by atoms with Crippen molar-refractivity contribution in [2.24, 2.45) is 55.7 Å². The van der Waals surface area contributed by atoms with Crippen molar-refractivity contribution in [2.75, 3.05) is 6.61 Å². The van der Waals surface area contributed by atoms with Gasteiger partial charge in [0.2, 0.25) is 0 Å². The highest BCUT2D eigenvalue weighted by Crippen LogP contribution is 2.82. The van der Waals surface area contributed by atoms with Gasteiger partial charge >= 0.3 is 0 Å². The van der Waals surface area contributed by atoms with Gasteiger partial charge in [0.05, 0.1) is 5.76 Å². The van der Waals surface area contributed by atoms with E-state index in [1.165, 1.54) is 56.9 Å². The van der Waals surface area contributed by atoms with Gasteiger partial charge in [-0.05, 0) is 128 Å². The largest absolute Gasteiger partial charge is 0.495 e. The standard InChI is InChI=1S/C35H58O2/c1-23(2)31(8)18-20-35(22-36)21-19-33(10)27(34(31,35)11)13-12-26-30(7)16-15-28(37-24(3)4)29(5,6)25(30)14-17-32(26,33)9/h25-28,36H,1,3,12-22H2,2,4-11H3/t25?,26?,27-,28-,30-,31-,32+,33+,34-,35+/m0/s1. The Kier molecular flexibility index (Phi) is 6.12. The zero-order valence-electron chi connectivity index (χ0n) is 25.9. The maximum absolute atomic E-state index is 11.0. The Hall–Kier alpha value is -0.760. The van der Waals surface area contributed by atoms with Crippen LogP contribution in [-0.2, 0) is 4.74 Å². The van der Waals surface area contributed by atoms with Crippen molar-refractivity contribution in [3.63, 3.8) is 0 Å². The molecule has 37 heavy (non-hydrogen) atoms. The zero-order valence-corrected chi connectivity index (χ0v) is 25.9. The first kappa shape index (κ1) is 27.8. The molecule has 0 saturated heterocycles. The van der Waals surface area contributed by atoms with Gasteiger partial charge in [-0.15, -0.1) is 0 Å². The smallest absolute Gasteiger partial charge is 0.104 e. The molecule has 5 saturated carbocycles. The molecule has 5 aliphatic carbocycles. The second-order valence-electron chi connectivity index (χ2n) is 16.5. The number of aliphatic hydroxyl groups excluding tert-OH is 1. The normalized spacial score (nSPS) is 54.3. The first-order valence-electron chi connectivity index (χ1n) is 15.6. The fourth-order valence-electron chi connectivity index (χ4n) is 13.0. The van der Waals surface area contributed by atoms with Crippen LogP contribution in [0.4, 0.5) is 0 Å². The van der Waals surface area contributed by atoms with E-state index in [-0.39, 0.29) is 27.8 Å². The van der Waals surface area contributed by atoms with Gasteiger partial charge < -0.3 is 9.84 Å². The fourth-order valence-corrected chi connectivity index (χ4v) is 13.0. The minimum Gasteiger partial charge on any atom is -0.495 e. The van der Waals surface area contributed by atoms with Gasteiger partial charge in [-0.2, -0.15) is 0 Å². The molecule has 2 heteroatoms. The lowest BCUT2D eigenvalue weighted by Crippen LogP contribution is -2.69. The van der Waals surface area contributed by atoms with E-state index in [1.54, 1.807) is 0 Å². The summed E-state index contributed by atoms with van der Waals surface area (Å²) in [6.07, 6.45) is 12.8. The van der Waals surface area contributed by atoms with Crippen LogP contribution in [0.3, 0.4) is 0 Å². The maximum Gasteiger partial charge on any atom is 0.104 e. The summed E-state index contributed by atoms with van der Waals surface area (Å²) in [5.74, 6) is 2.96. The lowest BCUT2D eigenvalue weighted by atomic mass is 9.29. The quantitative estimate of drug-likeness (QED) is 0.301. The number of hydrogen-bond acceptors (Lipinski definition) is 2. The van der Waals surface area contributed by atoms with Gasteiger partial charge in [0.15, 0.2) is 0 Å². The molecule has 0 aromatic rings. The summed E-state index contributed by atoms with van der Waals surface area (Å²) in [5, 5.41) is 11.0. The number of hydrogen-bond donors (Lipinski definition) is 1. The van der Waals surface area contributed by atoms with Crippen LogP contribution in [0.1, 0.15) is 127 Å². The third kappa shape index (κ3) is 3.09. The van der Waals surface area contributed by atoms with Crippen molar-refractivity contribution in [2.45, 2.75) is 133 Å². The second-order valence-corrected chi connectivity index (χ2v) is 16.5. The van der Waals surface area contributed by atoms with E-state index in [0.717, 1.165) is 24.5 Å². The van der Waals surface area contributed by atoms with Crippen molar-refractivity contribution in [3.05, 3.63) is 24.5 Å². The molecule has 2 nitrogen and oxygen atoms in total. The molecule has 0 heterocycles. The predicted molar refractivity (Wildman–Crippen MR) is 155 cm³/mol. The summed E-state index contributed by atoms with van der Waals surface area (Å²) in [6, 6.07) is 0. The maximum atomic E-state index is 11.0. The van der Waals surface area contributed by atoms with Crippen LogP contribution in [-0.4, -0.2) is 17.8 Å². The lowest BCUT2D eigenvalue weighted by molar-refractivity contribution is -0.274. The Morgan fingerprint density at radius 1 is 0.730 bits per heavy atom. The number of allylic oxidation sites excluding steroid dienone is 2. The molecule has 0 bridgehead atoms. The van der Waals surface area contributed by atoms with Gasteiger partial charge in [-0.1, -0.05) is 67.2 Å². The highest BCUT2D eigenvalue weighted by atomic mass is 16.5. The summed E-state index contributed by atoms with van der Waals surface area (Å²) in [4.78, 5) is 0. The van der Waals surface area contributed by atoms with Gasteiger partial charge in [0.1, 0.15) is 6.10 Å². The molecule has 2 unspecified atom stereocenters. The van der Waals surface area contributed by atoms with Crippen LogP contribution < -0.4 is 0 Å². The Balaban J connectivity index is 1.56. The molecule has 5 aliphatic rings. The third-order valence-electron chi connectivity index (χ3n) is 15.6. The monoisotopic (exact) mass is 510 g/mol. The topological polar surface area (TPSA) is 29.5 Å². The molecule has 10 atom stereocenters. The fraction of sp³-hybridized carbons (Fsp3) is 0.886. The molecule has 210 valence electrons. The summed E-state index contributed by atoms with van der Waals surface area (Å²) in [6.45, 7) is 31.5. The molecule has 0 aromatic carbocycles. The average molecular weight is 511 g/mol. The van der Waals surface area contributed by atoms with Crippen LogP contribution in [0.2, 0.25) is 0 Å². The summed E-state index contributed by atoms with van der Waals surface area (Å²) >= 11 is 0. The Labute approximate surface area is 229 Å². The molecular formula is C35H58O2. The van der Waals surface area contributed by atoms with Crippen LogP contribution >= 0.6 is 0 Å². The van der Waals surface area contributed by atoms with Crippen molar-refractivity contribution >= 4 is 0 Å². The molecule has 0 spiro atoms. The van der Waals surface area contributed by atoms with Gasteiger partial charge in [0.25, 0.3) is 0 Å². The first-order valence-corrected chi connectivity index (χ1v) is 15.6. The van der Waals surface area contributed by atoms with E-state index in [9.17, 15) is 5.11 Å². The first-order chi connectivity index (χ1) is 17.0. The van der Waals surface area contributed by atoms with E-state index in [0.29, 0.717) is 34.7 Å². The Bertz CT molecular complexity index is 980. The van der Waals surface area contributed by atoms with Gasteiger partial charge in [0, 0.05) is 12.0 Å². The SMILES string of the molecule is C=C(C)O[C@H]1CC[C@@]2(C)C(CC[C@]3(C)C2CC[C@@H]2[C@]4(C)[C@](CO)(CC[C@@]4(C)C(=C)C)CC[C@]23C)C1(C)C. The van der Waals surface area contributed by atoms with E-state index < -0.39 is 0 Å². The molecule has 0 amide bonds. The zero-order chi connectivity index (χ0) is 27.4. The van der Waals surface area contributed by atoms with E-state index in [1.807, 2.05) is 6.92 Å². The van der Waals surface area contributed by atoms with Gasteiger partial charge in [-0.3, -0.25) is 0 Å². The van der Waals surface area contributed by atoms with Crippen molar-refractivity contribution in [3.8, 4) is 0 Å². The number of fused-ring (bicyclic) bond motifs is 7. The molecular weight excluding hydrogens is 452 g/mol. The predicted octanol–water partition coefficient (Wildman–Crippen LogP) is 9.34. The number of aliphatic hydroxyl groups is 1. The van der Waals surface area contributed by atoms with Crippen LogP contribution in [0, 0.1) is 55.7 Å². The Morgan fingerprint density at radius 2 is 1.32 bits per heavy atom. The van der Waals surface area contributed by atoms with E-state index in [2.05, 4.69) is 68.5 Å². The second kappa shape index (κ2) is 8.14. The van der Waals surface area contributed by atoms with Crippen molar-refractivity contribution in [1.82, 2.24) is 0 Å². The van der Waals surface area contributed by atoms with Gasteiger partial charge in [-0.25, -0.2) is 0 Å². The van der Waals surface area contributed by atoms with Crippen molar-refractivity contribution < 1.29 is 9.84 Å². The van der Waals surface area contributed by atoms with Crippen LogP contribution in [0.15, 0.2) is 24.5 Å². The molecule has 0 aromatic heterocycles. The van der Waals surface area contributed by atoms with Crippen LogP contribution in [0.25, 0.3) is 0 Å². The van der Waals surface area contributed by atoms with E-state index in [4.69, 9.17) is 4.74 Å². The molecule has 0 radical (unpaired) electrons. The van der Waals surface area contributed by atoms with Crippen LogP contribution in [0.5, 0.6) is 0 Å². The highest BCUT2D eigenvalue weighted by Gasteiger charge is 2.76. The minimum atomic E-state index is 0.0507. The van der Waals surface area contributed by atoms with E-state index >= 15 is 0 Å². The summed E-state index contributed by atoms with van der Waals surface area (Å²) < 4.78 is 6.37. The summed E-state index contributed by atoms with van der Waals surface area (Å²) in [5.41, 5.74) is 2.76. The molecule has 0 aliphatic heterocycles. The average Bonchev–Trinajstić information content (AvgIpc) is 3.05. The Morgan fingerprint density at radius 3 is 1.92 bits per heavy atom.